The lowest BCUT2D eigenvalue weighted by molar-refractivity contribution is 0.401. The van der Waals surface area contributed by atoms with Crippen LogP contribution in [0.3, 0.4) is 0 Å². The normalized spacial score (nSPS) is 14.8. The molecule has 1 nitrogen and oxygen atoms in total. The molecule has 0 atom stereocenters. The molecule has 106 valence electrons. The molecule has 1 aromatic heterocycles. The molecule has 0 unspecified atom stereocenters. The van der Waals surface area contributed by atoms with Gasteiger partial charge in [0, 0.05) is 26.9 Å². The van der Waals surface area contributed by atoms with Gasteiger partial charge in [0.05, 0.1) is 5.52 Å². The summed E-state index contributed by atoms with van der Waals surface area (Å²) in [5.74, 6) is 0. The third-order valence-electron chi connectivity index (χ3n) is 4.45. The molecule has 0 saturated carbocycles. The zero-order valence-electron chi connectivity index (χ0n) is 13.0. The molecule has 1 aliphatic rings. The molecule has 3 aromatic rings. The van der Waals surface area contributed by atoms with Crippen LogP contribution in [0.15, 0.2) is 36.4 Å². The molecule has 21 heavy (non-hydrogen) atoms. The maximum atomic E-state index is 2.54. The van der Waals surface area contributed by atoms with Gasteiger partial charge in [-0.1, -0.05) is 48.6 Å². The highest BCUT2D eigenvalue weighted by molar-refractivity contribution is 6.06. The maximum Gasteiger partial charge on any atom is 0.0575 e. The van der Waals surface area contributed by atoms with Gasteiger partial charge in [-0.25, -0.2) is 0 Å². The highest BCUT2D eigenvalue weighted by atomic mass is 15.0. The van der Waals surface area contributed by atoms with Crippen molar-refractivity contribution in [2.45, 2.75) is 39.2 Å². The molecule has 0 bridgehead atoms. The van der Waals surface area contributed by atoms with Crippen LogP contribution in [-0.2, 0) is 5.54 Å². The molecule has 2 aromatic carbocycles. The summed E-state index contributed by atoms with van der Waals surface area (Å²) in [4.78, 5) is 0. The Morgan fingerprint density at radius 2 is 1.62 bits per heavy atom. The van der Waals surface area contributed by atoms with Crippen LogP contribution >= 0.6 is 0 Å². The number of benzene rings is 2. The van der Waals surface area contributed by atoms with Crippen molar-refractivity contribution in [1.29, 1.82) is 0 Å². The van der Waals surface area contributed by atoms with Gasteiger partial charge in [-0.15, -0.1) is 0 Å². The van der Waals surface area contributed by atoms with Gasteiger partial charge in [0.1, 0.15) is 0 Å². The fourth-order valence-electron chi connectivity index (χ4n) is 3.65. The van der Waals surface area contributed by atoms with Crippen LogP contribution < -0.4 is 10.6 Å². The van der Waals surface area contributed by atoms with Gasteiger partial charge >= 0.3 is 0 Å². The molecule has 1 heterocycles. The van der Waals surface area contributed by atoms with E-state index in [4.69, 9.17) is 0 Å². The summed E-state index contributed by atoms with van der Waals surface area (Å²) in [5, 5.41) is 6.91. The summed E-state index contributed by atoms with van der Waals surface area (Å²) in [5.41, 5.74) is 1.47. The van der Waals surface area contributed by atoms with Crippen LogP contribution in [0.5, 0.6) is 0 Å². The Morgan fingerprint density at radius 3 is 2.43 bits per heavy atom. The van der Waals surface area contributed by atoms with E-state index in [2.05, 4.69) is 73.9 Å². The van der Waals surface area contributed by atoms with E-state index < -0.39 is 0 Å². The molecule has 0 radical (unpaired) electrons. The van der Waals surface area contributed by atoms with Crippen molar-refractivity contribution in [1.82, 2.24) is 4.57 Å². The highest BCUT2D eigenvalue weighted by Crippen LogP contribution is 2.27. The van der Waals surface area contributed by atoms with Crippen LogP contribution in [0.4, 0.5) is 0 Å². The first-order valence-electron chi connectivity index (χ1n) is 7.80. The van der Waals surface area contributed by atoms with E-state index in [9.17, 15) is 0 Å². The maximum absolute atomic E-state index is 2.54. The Morgan fingerprint density at radius 1 is 0.857 bits per heavy atom. The molecule has 0 spiro atoms. The molecule has 1 aliphatic carbocycles. The number of aromatic nitrogens is 1. The van der Waals surface area contributed by atoms with Crippen molar-refractivity contribution in [3.8, 4) is 0 Å². The summed E-state index contributed by atoms with van der Waals surface area (Å²) < 4.78 is 2.54. The van der Waals surface area contributed by atoms with E-state index in [1.54, 1.807) is 0 Å². The van der Waals surface area contributed by atoms with E-state index in [-0.39, 0.29) is 5.54 Å². The van der Waals surface area contributed by atoms with Crippen LogP contribution in [0.1, 0.15) is 33.6 Å². The van der Waals surface area contributed by atoms with Gasteiger partial charge in [0.25, 0.3) is 0 Å². The van der Waals surface area contributed by atoms with E-state index in [0.29, 0.717) is 0 Å². The van der Waals surface area contributed by atoms with Crippen LogP contribution in [0, 0.1) is 0 Å². The predicted molar refractivity (Wildman–Crippen MR) is 91.9 cm³/mol. The minimum atomic E-state index is 0.0810. The zero-order valence-corrected chi connectivity index (χ0v) is 13.0. The predicted octanol–water partition coefficient (Wildman–Crippen LogP) is 3.90. The topological polar surface area (TPSA) is 4.93 Å². The largest absolute Gasteiger partial charge is 0.335 e. The number of fused-ring (bicyclic) bond motifs is 5. The molecule has 0 saturated heterocycles. The van der Waals surface area contributed by atoms with Crippen molar-refractivity contribution >= 4 is 33.8 Å². The van der Waals surface area contributed by atoms with Crippen LogP contribution in [0.2, 0.25) is 0 Å². The zero-order chi connectivity index (χ0) is 14.6. The van der Waals surface area contributed by atoms with Crippen molar-refractivity contribution in [2.24, 2.45) is 0 Å². The molecule has 0 amide bonds. The molecular weight excluding hydrogens is 254 g/mol. The van der Waals surface area contributed by atoms with Gasteiger partial charge in [-0.3, -0.25) is 0 Å². The highest BCUT2D eigenvalue weighted by Gasteiger charge is 2.20. The van der Waals surface area contributed by atoms with E-state index in [1.807, 2.05) is 0 Å². The summed E-state index contributed by atoms with van der Waals surface area (Å²) >= 11 is 0. The van der Waals surface area contributed by atoms with E-state index >= 15 is 0 Å². The van der Waals surface area contributed by atoms with Gasteiger partial charge in [0.2, 0.25) is 0 Å². The van der Waals surface area contributed by atoms with Gasteiger partial charge in [-0.05, 0) is 39.0 Å². The standard InChI is InChI=1S/C20H21N/c1-20(2,3)21-18-11-7-6-10-16(18)17-13-12-14-8-4-5-9-15(14)19(17)21/h4-5,8-13H,6-7H2,1-3H3. The minimum absolute atomic E-state index is 0.0810. The van der Waals surface area contributed by atoms with Gasteiger partial charge in [-0.2, -0.15) is 0 Å². The number of rotatable bonds is 0. The van der Waals surface area contributed by atoms with E-state index in [1.165, 1.54) is 32.2 Å². The van der Waals surface area contributed by atoms with Gasteiger partial charge < -0.3 is 4.57 Å². The first-order chi connectivity index (χ1) is 10.1. The Kier molecular flexibility index (Phi) is 2.56. The number of hydrogen-bond donors (Lipinski definition) is 0. The first kappa shape index (κ1) is 12.7. The Hall–Kier alpha value is -2.02. The molecule has 1 heteroatoms. The third kappa shape index (κ3) is 1.77. The van der Waals surface area contributed by atoms with Gasteiger partial charge in [0.15, 0.2) is 0 Å². The first-order valence-corrected chi connectivity index (χ1v) is 7.80. The average molecular weight is 275 g/mol. The molecule has 0 N–H and O–H groups in total. The van der Waals surface area contributed by atoms with E-state index in [0.717, 1.165) is 12.8 Å². The lowest BCUT2D eigenvalue weighted by atomic mass is 10.0. The second kappa shape index (κ2) is 4.24. The second-order valence-corrected chi connectivity index (χ2v) is 6.97. The molecule has 0 fully saturated rings. The Bertz CT molecular complexity index is 965. The van der Waals surface area contributed by atoms with Crippen molar-refractivity contribution in [3.05, 3.63) is 47.0 Å². The van der Waals surface area contributed by atoms with Crippen molar-refractivity contribution in [2.75, 3.05) is 0 Å². The lowest BCUT2D eigenvalue weighted by Gasteiger charge is -2.24. The van der Waals surface area contributed by atoms with Crippen molar-refractivity contribution < 1.29 is 0 Å². The smallest absolute Gasteiger partial charge is 0.0575 e. The van der Waals surface area contributed by atoms with Crippen LogP contribution in [-0.4, -0.2) is 4.57 Å². The minimum Gasteiger partial charge on any atom is -0.335 e. The van der Waals surface area contributed by atoms with Crippen molar-refractivity contribution in [3.63, 3.8) is 0 Å². The summed E-state index contributed by atoms with van der Waals surface area (Å²) in [6.07, 6.45) is 7.13. The summed E-state index contributed by atoms with van der Waals surface area (Å²) in [6, 6.07) is 13.3. The molecule has 4 rings (SSSR count). The Balaban J connectivity index is 2.37. The monoisotopic (exact) mass is 275 g/mol. The summed E-state index contributed by atoms with van der Waals surface area (Å²) in [7, 11) is 0. The number of hydrogen-bond acceptors (Lipinski definition) is 0. The molecular formula is C20H21N. The average Bonchev–Trinajstić information content (AvgIpc) is 2.82. The van der Waals surface area contributed by atoms with Crippen LogP contribution in [0.25, 0.3) is 33.8 Å². The second-order valence-electron chi connectivity index (χ2n) is 6.97. The number of nitrogens with zero attached hydrogens (tertiary/aromatic N) is 1. The fraction of sp³-hybridized carbons (Fsp3) is 0.300. The fourth-order valence-corrected chi connectivity index (χ4v) is 3.65. The summed E-state index contributed by atoms with van der Waals surface area (Å²) in [6.45, 7) is 6.91. The third-order valence-corrected chi connectivity index (χ3v) is 4.45. The molecule has 0 aliphatic heterocycles. The lowest BCUT2D eigenvalue weighted by Crippen LogP contribution is -2.38. The SMILES string of the molecule is CC(C)(C)n1c2c(c3ccc4ccccc4c31)=CCCC=2. The quantitative estimate of drug-likeness (QED) is 0.586. The Labute approximate surface area is 125 Å².